The highest BCUT2D eigenvalue weighted by molar-refractivity contribution is 5.95. The number of nitrogens with one attached hydrogen (secondary N) is 1. The van der Waals surface area contributed by atoms with E-state index in [1.165, 1.54) is 0 Å². The summed E-state index contributed by atoms with van der Waals surface area (Å²) in [6, 6.07) is 6.14. The molecule has 36 heavy (non-hydrogen) atoms. The minimum absolute atomic E-state index is 0.00140. The maximum atomic E-state index is 13.3. The largest absolute Gasteiger partial charge is 0.494 e. The Morgan fingerprint density at radius 1 is 1.19 bits per heavy atom. The number of benzene rings is 1. The van der Waals surface area contributed by atoms with Gasteiger partial charge in [0.25, 0.3) is 0 Å². The third kappa shape index (κ3) is 8.40. The number of carbonyl (C=O) groups is 3. The lowest BCUT2D eigenvalue weighted by Gasteiger charge is -2.32. The first-order valence-electron chi connectivity index (χ1n) is 12.7. The normalized spacial score (nSPS) is 18.4. The molecule has 1 aliphatic heterocycles. The SMILES string of the molecule is CCCCOc1ccc(C[C@H](NC(=O)OC(C)(C)C)[C@H](O)[C@@H](C)C(=O)N2C(=O)OC[C@H]2C(C)C)cc1. The fraction of sp³-hybridized carbons (Fsp3) is 0.667. The number of rotatable bonds is 11. The number of carbonyl (C=O) groups excluding carboxylic acids is 3. The second-order valence-electron chi connectivity index (χ2n) is 10.7. The fourth-order valence-corrected chi connectivity index (χ4v) is 3.92. The molecule has 9 heteroatoms. The van der Waals surface area contributed by atoms with Crippen molar-refractivity contribution in [1.82, 2.24) is 10.2 Å². The van der Waals surface area contributed by atoms with Crippen LogP contribution in [-0.2, 0) is 20.7 Å². The van der Waals surface area contributed by atoms with Gasteiger partial charge in [-0.25, -0.2) is 14.5 Å². The lowest BCUT2D eigenvalue weighted by molar-refractivity contribution is -0.137. The Labute approximate surface area is 214 Å². The van der Waals surface area contributed by atoms with Crippen LogP contribution in [0.4, 0.5) is 9.59 Å². The van der Waals surface area contributed by atoms with Crippen molar-refractivity contribution in [2.75, 3.05) is 13.2 Å². The summed E-state index contributed by atoms with van der Waals surface area (Å²) in [5, 5.41) is 14.0. The summed E-state index contributed by atoms with van der Waals surface area (Å²) in [7, 11) is 0. The van der Waals surface area contributed by atoms with Crippen molar-refractivity contribution in [3.05, 3.63) is 29.8 Å². The van der Waals surface area contributed by atoms with E-state index in [1.807, 2.05) is 38.1 Å². The van der Waals surface area contributed by atoms with Gasteiger partial charge in [-0.2, -0.15) is 0 Å². The summed E-state index contributed by atoms with van der Waals surface area (Å²) < 4.78 is 16.2. The molecule has 1 heterocycles. The van der Waals surface area contributed by atoms with Crippen molar-refractivity contribution < 1.29 is 33.7 Å². The highest BCUT2D eigenvalue weighted by Gasteiger charge is 2.44. The Hall–Kier alpha value is -2.81. The first kappa shape index (κ1) is 29.4. The quantitative estimate of drug-likeness (QED) is 0.430. The topological polar surface area (TPSA) is 114 Å². The van der Waals surface area contributed by atoms with Crippen molar-refractivity contribution in [3.63, 3.8) is 0 Å². The third-order valence-corrected chi connectivity index (χ3v) is 6.07. The monoisotopic (exact) mass is 506 g/mol. The first-order chi connectivity index (χ1) is 16.8. The summed E-state index contributed by atoms with van der Waals surface area (Å²) in [5.41, 5.74) is 0.0979. The van der Waals surface area contributed by atoms with E-state index in [2.05, 4.69) is 12.2 Å². The smallest absolute Gasteiger partial charge is 0.416 e. The van der Waals surface area contributed by atoms with Crippen LogP contribution >= 0.6 is 0 Å². The molecule has 1 saturated heterocycles. The zero-order valence-electron chi connectivity index (χ0n) is 22.6. The molecule has 2 N–H and O–H groups in total. The van der Waals surface area contributed by atoms with Gasteiger partial charge in [0.05, 0.1) is 30.7 Å². The molecule has 1 aromatic carbocycles. The molecule has 1 fully saturated rings. The number of imide groups is 1. The number of aliphatic hydroxyl groups excluding tert-OH is 1. The molecule has 0 spiro atoms. The molecular formula is C27H42N2O7. The van der Waals surface area contributed by atoms with Crippen LogP contribution in [0.15, 0.2) is 24.3 Å². The van der Waals surface area contributed by atoms with Crippen molar-refractivity contribution in [1.29, 1.82) is 0 Å². The highest BCUT2D eigenvalue weighted by Crippen LogP contribution is 2.25. The second kappa shape index (κ2) is 12.9. The lowest BCUT2D eigenvalue weighted by Crippen LogP contribution is -2.53. The van der Waals surface area contributed by atoms with E-state index in [0.29, 0.717) is 6.61 Å². The molecule has 0 saturated carbocycles. The average Bonchev–Trinajstić information content (AvgIpc) is 3.18. The van der Waals surface area contributed by atoms with Crippen molar-refractivity contribution in [2.45, 2.75) is 91.5 Å². The summed E-state index contributed by atoms with van der Waals surface area (Å²) in [4.78, 5) is 39.2. The number of unbranched alkanes of at least 4 members (excludes halogenated alkanes) is 1. The minimum Gasteiger partial charge on any atom is -0.494 e. The summed E-state index contributed by atoms with van der Waals surface area (Å²) in [5.74, 6) is -0.786. The molecule has 0 aromatic heterocycles. The van der Waals surface area contributed by atoms with E-state index in [0.717, 1.165) is 29.1 Å². The minimum atomic E-state index is -1.29. The van der Waals surface area contributed by atoms with Crippen LogP contribution in [0.25, 0.3) is 0 Å². The molecule has 0 bridgehead atoms. The van der Waals surface area contributed by atoms with Gasteiger partial charge < -0.3 is 24.6 Å². The summed E-state index contributed by atoms with van der Waals surface area (Å²) >= 11 is 0. The van der Waals surface area contributed by atoms with Crippen LogP contribution in [0.1, 0.15) is 66.9 Å². The number of nitrogens with zero attached hydrogens (tertiary/aromatic N) is 1. The van der Waals surface area contributed by atoms with Gasteiger partial charge in [-0.3, -0.25) is 4.79 Å². The van der Waals surface area contributed by atoms with Crippen LogP contribution in [0.5, 0.6) is 5.75 Å². The second-order valence-corrected chi connectivity index (χ2v) is 10.7. The van der Waals surface area contributed by atoms with Gasteiger partial charge >= 0.3 is 12.2 Å². The first-order valence-corrected chi connectivity index (χ1v) is 12.7. The number of hydrogen-bond donors (Lipinski definition) is 2. The summed E-state index contributed by atoms with van der Waals surface area (Å²) in [6.45, 7) is 13.4. The molecule has 9 nitrogen and oxygen atoms in total. The molecule has 4 atom stereocenters. The average molecular weight is 507 g/mol. The Kier molecular flexibility index (Phi) is 10.6. The maximum absolute atomic E-state index is 13.3. The van der Waals surface area contributed by atoms with E-state index in [1.54, 1.807) is 27.7 Å². The Morgan fingerprint density at radius 2 is 1.83 bits per heavy atom. The van der Waals surface area contributed by atoms with E-state index in [4.69, 9.17) is 14.2 Å². The fourth-order valence-electron chi connectivity index (χ4n) is 3.92. The molecule has 1 aromatic rings. The van der Waals surface area contributed by atoms with Gasteiger partial charge in [0.1, 0.15) is 18.0 Å². The molecule has 0 unspecified atom stereocenters. The Balaban J connectivity index is 2.20. The molecule has 2 rings (SSSR count). The lowest BCUT2D eigenvalue weighted by atomic mass is 9.91. The number of alkyl carbamates (subject to hydrolysis) is 1. The van der Waals surface area contributed by atoms with Crippen LogP contribution in [0.2, 0.25) is 0 Å². The highest BCUT2D eigenvalue weighted by atomic mass is 16.6. The number of cyclic esters (lactones) is 1. The molecular weight excluding hydrogens is 464 g/mol. The van der Waals surface area contributed by atoms with Crippen molar-refractivity contribution in [2.24, 2.45) is 11.8 Å². The van der Waals surface area contributed by atoms with Crippen LogP contribution in [0.3, 0.4) is 0 Å². The van der Waals surface area contributed by atoms with Crippen molar-refractivity contribution >= 4 is 18.1 Å². The van der Waals surface area contributed by atoms with Gasteiger partial charge in [0.2, 0.25) is 5.91 Å². The standard InChI is InChI=1S/C27H42N2O7/c1-8-9-14-34-20-12-10-19(11-13-20)15-21(28-25(32)36-27(5,6)7)23(30)18(4)24(31)29-22(17(2)3)16-35-26(29)33/h10-13,17-18,21-23,30H,8-9,14-16H2,1-7H3,(H,28,32)/t18-,21+,22+,23-/m1/s1. The van der Waals surface area contributed by atoms with Gasteiger partial charge in [0, 0.05) is 0 Å². The van der Waals surface area contributed by atoms with E-state index in [9.17, 15) is 19.5 Å². The van der Waals surface area contributed by atoms with Gasteiger partial charge in [-0.1, -0.05) is 46.2 Å². The van der Waals surface area contributed by atoms with Crippen molar-refractivity contribution in [3.8, 4) is 5.75 Å². The maximum Gasteiger partial charge on any atom is 0.416 e. The summed E-state index contributed by atoms with van der Waals surface area (Å²) in [6.07, 6.45) is -0.459. The van der Waals surface area contributed by atoms with Gasteiger partial charge in [-0.15, -0.1) is 0 Å². The molecule has 202 valence electrons. The molecule has 0 radical (unpaired) electrons. The van der Waals surface area contributed by atoms with E-state index >= 15 is 0 Å². The molecule has 1 aliphatic rings. The predicted molar refractivity (Wildman–Crippen MR) is 136 cm³/mol. The predicted octanol–water partition coefficient (Wildman–Crippen LogP) is 4.30. The van der Waals surface area contributed by atoms with E-state index < -0.39 is 47.8 Å². The Bertz CT molecular complexity index is 879. The molecule has 0 aliphatic carbocycles. The third-order valence-electron chi connectivity index (χ3n) is 6.07. The van der Waals surface area contributed by atoms with Crippen LogP contribution in [-0.4, -0.2) is 65.1 Å². The molecule has 3 amide bonds. The zero-order chi connectivity index (χ0) is 27.0. The van der Waals surface area contributed by atoms with Crippen LogP contribution in [0, 0.1) is 11.8 Å². The van der Waals surface area contributed by atoms with Crippen LogP contribution < -0.4 is 10.1 Å². The number of hydrogen-bond acceptors (Lipinski definition) is 7. The van der Waals surface area contributed by atoms with Gasteiger partial charge in [0.15, 0.2) is 0 Å². The van der Waals surface area contributed by atoms with E-state index in [-0.39, 0.29) is 18.9 Å². The Morgan fingerprint density at radius 3 is 2.39 bits per heavy atom. The van der Waals surface area contributed by atoms with Gasteiger partial charge in [-0.05, 0) is 57.2 Å². The number of ether oxygens (including phenoxy) is 3. The zero-order valence-corrected chi connectivity index (χ0v) is 22.6. The number of amides is 3. The number of aliphatic hydroxyl groups is 1.